The molecule has 1 saturated carbocycles. The molecule has 2 N–H and O–H groups in total. The van der Waals surface area contributed by atoms with Crippen molar-refractivity contribution in [1.29, 1.82) is 0 Å². The Morgan fingerprint density at radius 1 is 1.11 bits per heavy atom. The minimum absolute atomic E-state index is 0.00266. The van der Waals surface area contributed by atoms with E-state index in [1.54, 1.807) is 0 Å². The summed E-state index contributed by atoms with van der Waals surface area (Å²) in [7, 11) is 2.20. The number of likely N-dealkylation sites (N-methyl/N-ethyl adjacent to an activating group) is 1. The van der Waals surface area contributed by atoms with E-state index in [1.165, 1.54) is 66.3 Å². The van der Waals surface area contributed by atoms with Gasteiger partial charge >= 0.3 is 6.03 Å². The van der Waals surface area contributed by atoms with E-state index in [1.807, 2.05) is 5.41 Å². The van der Waals surface area contributed by atoms with Crippen molar-refractivity contribution in [1.82, 2.24) is 9.62 Å². The number of fused-ring (bicyclic) bond motifs is 2. The van der Waals surface area contributed by atoms with E-state index in [9.17, 15) is 4.79 Å². The molecule has 5 heteroatoms. The van der Waals surface area contributed by atoms with Crippen LogP contribution in [0.5, 0.6) is 0 Å². The van der Waals surface area contributed by atoms with Crippen LogP contribution < -0.4 is 10.0 Å². The number of hydrogen-bond donors (Lipinski definition) is 2. The van der Waals surface area contributed by atoms with E-state index >= 15 is 0 Å². The van der Waals surface area contributed by atoms with Gasteiger partial charge in [-0.25, -0.2) is 4.79 Å². The van der Waals surface area contributed by atoms with Crippen molar-refractivity contribution in [3.8, 4) is 0 Å². The lowest BCUT2D eigenvalue weighted by atomic mass is 9.88. The molecular weight excluding hydrogens is 366 g/mol. The summed E-state index contributed by atoms with van der Waals surface area (Å²) in [5, 5.41) is 5.19. The monoisotopic (exact) mass is 399 g/mol. The van der Waals surface area contributed by atoms with Crippen molar-refractivity contribution in [2.45, 2.75) is 83.2 Å². The summed E-state index contributed by atoms with van der Waals surface area (Å²) in [6.07, 6.45) is 13.0. The van der Waals surface area contributed by atoms with Gasteiger partial charge in [0, 0.05) is 17.3 Å². The summed E-state index contributed by atoms with van der Waals surface area (Å²) in [5.41, 5.74) is 6.75. The number of aryl methyl sites for hydroxylation is 2. The highest BCUT2D eigenvalue weighted by Crippen LogP contribution is 2.38. The van der Waals surface area contributed by atoms with Crippen LogP contribution >= 0.6 is 11.9 Å². The largest absolute Gasteiger partial charge is 0.329 e. The first-order valence-corrected chi connectivity index (χ1v) is 11.6. The normalized spacial score (nSPS) is 19.0. The fourth-order valence-electron chi connectivity index (χ4n) is 4.76. The molecule has 1 aromatic rings. The topological polar surface area (TPSA) is 44.4 Å². The fraction of sp³-hybridized carbons (Fsp3) is 0.609. The Hall–Kier alpha value is -1.46. The van der Waals surface area contributed by atoms with Crippen LogP contribution in [0.4, 0.5) is 10.5 Å². The first-order chi connectivity index (χ1) is 13.5. The average Bonchev–Trinajstić information content (AvgIpc) is 3.26. The van der Waals surface area contributed by atoms with E-state index in [2.05, 4.69) is 48.0 Å². The molecule has 152 valence electrons. The number of nitrogens with one attached hydrogen (secondary N) is 2. The molecule has 2 amide bonds. The van der Waals surface area contributed by atoms with Crippen molar-refractivity contribution >= 4 is 23.7 Å². The van der Waals surface area contributed by atoms with Gasteiger partial charge in [-0.2, -0.15) is 0 Å². The molecule has 3 aliphatic rings. The zero-order valence-electron chi connectivity index (χ0n) is 17.4. The van der Waals surface area contributed by atoms with Crippen LogP contribution in [-0.2, 0) is 25.7 Å². The van der Waals surface area contributed by atoms with Crippen LogP contribution in [0.15, 0.2) is 17.6 Å². The summed E-state index contributed by atoms with van der Waals surface area (Å²) in [4.78, 5) is 15.0. The average molecular weight is 400 g/mol. The second kappa shape index (κ2) is 8.11. The van der Waals surface area contributed by atoms with Crippen LogP contribution in [0.1, 0.15) is 68.2 Å². The van der Waals surface area contributed by atoms with Crippen LogP contribution in [0.25, 0.3) is 0 Å². The lowest BCUT2D eigenvalue weighted by Gasteiger charge is -2.43. The lowest BCUT2D eigenvalue weighted by Crippen LogP contribution is -2.48. The SMILES string of the molecule is CN(C1CCC1)C(C)(C)/C=C/SNC(=O)Nc1c2c(cc3c1CCC3)CCC2. The Kier molecular flexibility index (Phi) is 5.75. The molecule has 0 bridgehead atoms. The van der Waals surface area contributed by atoms with E-state index in [0.29, 0.717) is 6.04 Å². The maximum Gasteiger partial charge on any atom is 0.329 e. The van der Waals surface area contributed by atoms with Gasteiger partial charge in [-0.15, -0.1) is 0 Å². The number of hydrogen-bond acceptors (Lipinski definition) is 3. The fourth-order valence-corrected chi connectivity index (χ4v) is 5.38. The molecule has 0 saturated heterocycles. The summed E-state index contributed by atoms with van der Waals surface area (Å²) >= 11 is 1.36. The molecule has 0 spiro atoms. The van der Waals surface area contributed by atoms with E-state index < -0.39 is 0 Å². The van der Waals surface area contributed by atoms with Gasteiger partial charge in [0.25, 0.3) is 0 Å². The smallest absolute Gasteiger partial charge is 0.307 e. The Labute approximate surface area is 173 Å². The Morgan fingerprint density at radius 2 is 1.75 bits per heavy atom. The molecule has 3 aliphatic carbocycles. The summed E-state index contributed by atoms with van der Waals surface area (Å²) in [6.45, 7) is 4.47. The van der Waals surface area contributed by atoms with Gasteiger partial charge in [0.15, 0.2) is 0 Å². The number of anilines is 1. The summed E-state index contributed by atoms with van der Waals surface area (Å²) in [6, 6.07) is 2.98. The zero-order chi connectivity index (χ0) is 19.7. The van der Waals surface area contributed by atoms with Crippen molar-refractivity contribution in [3.63, 3.8) is 0 Å². The molecule has 0 unspecified atom stereocenters. The van der Waals surface area contributed by atoms with Crippen molar-refractivity contribution in [2.75, 3.05) is 12.4 Å². The second-order valence-electron chi connectivity index (χ2n) is 9.06. The number of rotatable bonds is 6. The van der Waals surface area contributed by atoms with Crippen LogP contribution in [0.2, 0.25) is 0 Å². The second-order valence-corrected chi connectivity index (χ2v) is 9.77. The Morgan fingerprint density at radius 3 is 2.32 bits per heavy atom. The van der Waals surface area contributed by atoms with Crippen molar-refractivity contribution < 1.29 is 4.79 Å². The van der Waals surface area contributed by atoms with Crippen molar-refractivity contribution in [3.05, 3.63) is 39.8 Å². The van der Waals surface area contributed by atoms with E-state index in [0.717, 1.165) is 31.4 Å². The van der Waals surface area contributed by atoms with Crippen molar-refractivity contribution in [2.24, 2.45) is 0 Å². The van der Waals surface area contributed by atoms with E-state index in [4.69, 9.17) is 0 Å². The third-order valence-corrected chi connectivity index (χ3v) is 7.51. The highest BCUT2D eigenvalue weighted by molar-refractivity contribution is 8.00. The molecule has 1 fully saturated rings. The predicted molar refractivity (Wildman–Crippen MR) is 119 cm³/mol. The summed E-state index contributed by atoms with van der Waals surface area (Å²) < 4.78 is 2.94. The van der Waals surface area contributed by atoms with Gasteiger partial charge in [0.05, 0.1) is 0 Å². The molecule has 1 aromatic carbocycles. The Balaban J connectivity index is 1.34. The molecule has 0 atom stereocenters. The van der Waals surface area contributed by atoms with Crippen LogP contribution in [-0.4, -0.2) is 29.6 Å². The highest BCUT2D eigenvalue weighted by atomic mass is 32.2. The quantitative estimate of drug-likeness (QED) is 0.645. The highest BCUT2D eigenvalue weighted by Gasteiger charge is 2.31. The third-order valence-electron chi connectivity index (χ3n) is 6.94. The number of carbonyl (C=O) groups is 1. The van der Waals surface area contributed by atoms with Gasteiger partial charge in [-0.1, -0.05) is 18.6 Å². The van der Waals surface area contributed by atoms with Gasteiger partial charge in [0.2, 0.25) is 0 Å². The first kappa shape index (κ1) is 19.8. The first-order valence-electron chi connectivity index (χ1n) is 10.8. The summed E-state index contributed by atoms with van der Waals surface area (Å²) in [5.74, 6) is 0. The van der Waals surface area contributed by atoms with Gasteiger partial charge in [-0.05, 0) is 112 Å². The molecule has 4 nitrogen and oxygen atoms in total. The standard InChI is InChI=1S/C23H33N3OS/c1-23(2,26(3)18-9-6-10-18)13-14-28-25-22(27)24-21-19-11-4-7-16(19)15-17-8-5-12-20(17)21/h13-15,18H,4-12H2,1-3H3,(H2,24,25,27)/b14-13+. The minimum atomic E-state index is -0.116. The maximum absolute atomic E-state index is 12.5. The molecular formula is C23H33N3OS. The molecule has 0 radical (unpaired) electrons. The van der Waals surface area contributed by atoms with Gasteiger partial charge in [0.1, 0.15) is 0 Å². The van der Waals surface area contributed by atoms with Gasteiger partial charge in [-0.3, -0.25) is 9.62 Å². The number of carbonyl (C=O) groups excluding carboxylic acids is 1. The number of urea groups is 1. The maximum atomic E-state index is 12.5. The molecule has 4 rings (SSSR count). The van der Waals surface area contributed by atoms with Crippen LogP contribution in [0, 0.1) is 0 Å². The zero-order valence-corrected chi connectivity index (χ0v) is 18.3. The molecule has 0 aromatic heterocycles. The number of amides is 2. The molecule has 0 heterocycles. The van der Waals surface area contributed by atoms with Crippen LogP contribution in [0.3, 0.4) is 0 Å². The Bertz CT molecular complexity index is 750. The third kappa shape index (κ3) is 3.97. The minimum Gasteiger partial charge on any atom is -0.307 e. The molecule has 28 heavy (non-hydrogen) atoms. The van der Waals surface area contributed by atoms with E-state index in [-0.39, 0.29) is 11.6 Å². The number of nitrogens with zero attached hydrogens (tertiary/aromatic N) is 1. The lowest BCUT2D eigenvalue weighted by molar-refractivity contribution is 0.0858. The predicted octanol–water partition coefficient (Wildman–Crippen LogP) is 5.21. The number of benzene rings is 1. The van der Waals surface area contributed by atoms with Gasteiger partial charge < -0.3 is 5.32 Å². The molecule has 0 aliphatic heterocycles.